The fourth-order valence-corrected chi connectivity index (χ4v) is 4.81. The van der Waals surface area contributed by atoms with Crippen molar-refractivity contribution in [1.29, 1.82) is 0 Å². The molecule has 1 heterocycles. The highest BCUT2D eigenvalue weighted by molar-refractivity contribution is 5.90. The monoisotopic (exact) mass is 640 g/mol. The molecule has 0 radical (unpaired) electrons. The molecule has 0 aliphatic carbocycles. The van der Waals surface area contributed by atoms with Crippen LogP contribution in [0.25, 0.3) is 0 Å². The van der Waals surface area contributed by atoms with Crippen molar-refractivity contribution < 1.29 is 43.8 Å². The summed E-state index contributed by atoms with van der Waals surface area (Å²) in [4.78, 5) is 46.7. The molecule has 1 fully saturated rings. The molecule has 0 unspecified atom stereocenters. The Balaban J connectivity index is 0.00000285. The second kappa shape index (κ2) is 32.9. The largest absolute Gasteiger partial charge is 0.545 e. The molecule has 0 amide bonds. The summed E-state index contributed by atoms with van der Waals surface area (Å²) in [7, 11) is 0. The standard InChI is InChI=1S/C31H54O8.C4H10N2/c1-3-5-7-9-11-13-15-17-19-21-29(34)37-25-27(39-31(36)24-23-28(32)33)26-38-30(35)22-20-18-16-14-12-10-8-6-4-2;1-2-6-4-3-5-1/h23-24,27H,3-22,25-26H2,1-2H3,(H,32,33);5-6H,1-4H2/b24-23+;. The predicted molar refractivity (Wildman–Crippen MR) is 174 cm³/mol. The van der Waals surface area contributed by atoms with Gasteiger partial charge in [0.15, 0.2) is 6.10 Å². The minimum atomic E-state index is -1.54. The Kier molecular flexibility index (Phi) is 31.1. The SMILES string of the molecule is C1C[NH2+]CCN1.CCCCCCCCCCCC(=O)OCC(COC(=O)CCCCCCCCCCC)OC(=O)/C=C/C(=O)[O-]. The molecule has 10 nitrogen and oxygen atoms in total. The Bertz CT molecular complexity index is 721. The number of quaternary nitrogens is 1. The van der Waals surface area contributed by atoms with E-state index in [0.717, 1.165) is 38.5 Å². The number of rotatable bonds is 27. The minimum absolute atomic E-state index is 0.263. The van der Waals surface area contributed by atoms with Crippen molar-refractivity contribution in [3.8, 4) is 0 Å². The number of carbonyl (C=O) groups excluding carboxylic acids is 4. The molecule has 0 spiro atoms. The molecule has 0 atom stereocenters. The second-order valence-corrected chi connectivity index (χ2v) is 11.9. The predicted octanol–water partition coefficient (Wildman–Crippen LogP) is 4.29. The van der Waals surface area contributed by atoms with E-state index in [9.17, 15) is 24.3 Å². The highest BCUT2D eigenvalue weighted by atomic mass is 16.6. The van der Waals surface area contributed by atoms with Crippen LogP contribution in [0.5, 0.6) is 0 Å². The van der Waals surface area contributed by atoms with E-state index < -0.39 is 30.0 Å². The van der Waals surface area contributed by atoms with Crippen LogP contribution in [0.15, 0.2) is 12.2 Å². The lowest BCUT2D eigenvalue weighted by Gasteiger charge is -2.17. The number of hydrogen-bond donors (Lipinski definition) is 2. The molecular formula is C35H64N2O8. The lowest BCUT2D eigenvalue weighted by Crippen LogP contribution is -2.89. The maximum atomic E-state index is 12.1. The molecule has 0 aromatic heterocycles. The first-order valence-electron chi connectivity index (χ1n) is 17.8. The molecule has 0 aromatic carbocycles. The van der Waals surface area contributed by atoms with Crippen LogP contribution in [0.3, 0.4) is 0 Å². The van der Waals surface area contributed by atoms with Crippen molar-refractivity contribution in [3.05, 3.63) is 12.2 Å². The average molecular weight is 641 g/mol. The number of carbonyl (C=O) groups is 4. The average Bonchev–Trinajstić information content (AvgIpc) is 3.04. The van der Waals surface area contributed by atoms with Gasteiger partial charge >= 0.3 is 17.9 Å². The Hall–Kier alpha value is -2.46. The van der Waals surface area contributed by atoms with E-state index in [1.165, 1.54) is 103 Å². The Morgan fingerprint density at radius 2 is 1.04 bits per heavy atom. The summed E-state index contributed by atoms with van der Waals surface area (Å²) in [5, 5.41) is 16.1. The van der Waals surface area contributed by atoms with Crippen molar-refractivity contribution in [2.24, 2.45) is 0 Å². The molecule has 1 saturated heterocycles. The lowest BCUT2D eigenvalue weighted by molar-refractivity contribution is -0.657. The molecule has 1 aliphatic heterocycles. The van der Waals surface area contributed by atoms with E-state index >= 15 is 0 Å². The third kappa shape index (κ3) is 32.7. The van der Waals surface area contributed by atoms with Gasteiger partial charge in [-0.1, -0.05) is 117 Å². The van der Waals surface area contributed by atoms with Gasteiger partial charge in [0, 0.05) is 32.0 Å². The zero-order valence-electron chi connectivity index (χ0n) is 28.5. The van der Waals surface area contributed by atoms with Crippen molar-refractivity contribution in [3.63, 3.8) is 0 Å². The van der Waals surface area contributed by atoms with Crippen LogP contribution in [0.4, 0.5) is 0 Å². The Labute approximate surface area is 272 Å². The van der Waals surface area contributed by atoms with Gasteiger partial charge in [-0.3, -0.25) is 9.59 Å². The number of nitrogens with two attached hydrogens (primary N) is 1. The van der Waals surface area contributed by atoms with E-state index in [1.807, 2.05) is 0 Å². The number of ether oxygens (including phenoxy) is 3. The summed E-state index contributed by atoms with van der Waals surface area (Å²) >= 11 is 0. The maximum Gasteiger partial charge on any atom is 0.331 e. The molecule has 1 aliphatic rings. The summed E-state index contributed by atoms with van der Waals surface area (Å²) in [5.74, 6) is -3.31. The number of carboxylic acids is 1. The Morgan fingerprint density at radius 1 is 0.644 bits per heavy atom. The van der Waals surface area contributed by atoms with Crippen LogP contribution in [0, 0.1) is 0 Å². The normalized spacial score (nSPS) is 12.9. The summed E-state index contributed by atoms with van der Waals surface area (Å²) < 4.78 is 15.6. The summed E-state index contributed by atoms with van der Waals surface area (Å²) in [6, 6.07) is 0. The fourth-order valence-electron chi connectivity index (χ4n) is 4.81. The quantitative estimate of drug-likeness (QED) is 0.0581. The molecule has 0 bridgehead atoms. The fraction of sp³-hybridized carbons (Fsp3) is 0.829. The molecule has 3 N–H and O–H groups in total. The van der Waals surface area contributed by atoms with Crippen molar-refractivity contribution >= 4 is 23.9 Å². The summed E-state index contributed by atoms with van der Waals surface area (Å²) in [6.45, 7) is 8.77. The zero-order chi connectivity index (χ0) is 33.2. The molecule has 262 valence electrons. The van der Waals surface area contributed by atoms with Gasteiger partial charge in [0.05, 0.1) is 19.1 Å². The topological polar surface area (TPSA) is 148 Å². The van der Waals surface area contributed by atoms with Crippen molar-refractivity contribution in [2.45, 2.75) is 148 Å². The number of unbranched alkanes of at least 4 members (excludes halogenated alkanes) is 16. The Morgan fingerprint density at radius 3 is 1.38 bits per heavy atom. The van der Waals surface area contributed by atoms with Crippen molar-refractivity contribution in [2.75, 3.05) is 39.4 Å². The second-order valence-electron chi connectivity index (χ2n) is 11.9. The molecule has 1 rings (SSSR count). The third-order valence-corrected chi connectivity index (χ3v) is 7.52. The van der Waals surface area contributed by atoms with Gasteiger partial charge in [-0.25, -0.2) is 4.79 Å². The number of carboxylic acid groups (broad SMARTS) is 1. The molecule has 45 heavy (non-hydrogen) atoms. The van der Waals surface area contributed by atoms with Crippen LogP contribution >= 0.6 is 0 Å². The van der Waals surface area contributed by atoms with Gasteiger partial charge in [0.25, 0.3) is 0 Å². The highest BCUT2D eigenvalue weighted by Crippen LogP contribution is 2.12. The number of esters is 3. The molecule has 0 saturated carbocycles. The zero-order valence-corrected chi connectivity index (χ0v) is 28.5. The number of hydrogen-bond acceptors (Lipinski definition) is 9. The summed E-state index contributed by atoms with van der Waals surface area (Å²) in [6.07, 6.45) is 21.2. The third-order valence-electron chi connectivity index (χ3n) is 7.52. The van der Waals surface area contributed by atoms with Crippen molar-refractivity contribution in [1.82, 2.24) is 5.32 Å². The van der Waals surface area contributed by atoms with Crippen LogP contribution in [0.1, 0.15) is 142 Å². The van der Waals surface area contributed by atoms with E-state index in [2.05, 4.69) is 24.5 Å². The maximum absolute atomic E-state index is 12.1. The van der Waals surface area contributed by atoms with Gasteiger partial charge in [0.2, 0.25) is 0 Å². The number of aliphatic carboxylic acids is 1. The number of piperazine rings is 1. The first-order chi connectivity index (χ1) is 21.9. The van der Waals surface area contributed by atoms with E-state index in [0.29, 0.717) is 12.2 Å². The first kappa shape index (κ1) is 42.5. The highest BCUT2D eigenvalue weighted by Gasteiger charge is 2.18. The molecule has 0 aromatic rings. The number of nitrogens with one attached hydrogen (secondary N) is 1. The van der Waals surface area contributed by atoms with Crippen LogP contribution < -0.4 is 15.7 Å². The van der Waals surface area contributed by atoms with Crippen LogP contribution in [-0.4, -0.2) is 69.4 Å². The summed E-state index contributed by atoms with van der Waals surface area (Å²) in [5.41, 5.74) is 0. The van der Waals surface area contributed by atoms with E-state index in [4.69, 9.17) is 14.2 Å². The van der Waals surface area contributed by atoms with Gasteiger partial charge in [-0.2, -0.15) is 0 Å². The molecule has 10 heteroatoms. The van der Waals surface area contributed by atoms with Gasteiger partial charge < -0.3 is 34.7 Å². The first-order valence-corrected chi connectivity index (χ1v) is 17.8. The smallest absolute Gasteiger partial charge is 0.331 e. The molecular weight excluding hydrogens is 576 g/mol. The van der Waals surface area contributed by atoms with Gasteiger partial charge in [0.1, 0.15) is 13.2 Å². The van der Waals surface area contributed by atoms with Gasteiger partial charge in [-0.15, -0.1) is 0 Å². The van der Waals surface area contributed by atoms with Crippen LogP contribution in [-0.2, 0) is 33.4 Å². The van der Waals surface area contributed by atoms with E-state index in [-0.39, 0.29) is 26.1 Å². The van der Waals surface area contributed by atoms with E-state index in [1.54, 1.807) is 0 Å². The lowest BCUT2D eigenvalue weighted by atomic mass is 10.1. The minimum Gasteiger partial charge on any atom is -0.545 e. The van der Waals surface area contributed by atoms with Crippen LogP contribution in [0.2, 0.25) is 0 Å². The van der Waals surface area contributed by atoms with Gasteiger partial charge in [-0.05, 0) is 18.9 Å².